The van der Waals surface area contributed by atoms with E-state index in [4.69, 9.17) is 9.47 Å². The molecule has 1 aliphatic rings. The fourth-order valence-electron chi connectivity index (χ4n) is 3.74. The van der Waals surface area contributed by atoms with Gasteiger partial charge in [0, 0.05) is 45.7 Å². The molecule has 2 rings (SSSR count). The molecule has 0 atom stereocenters. The third kappa shape index (κ3) is 7.07. The van der Waals surface area contributed by atoms with Crippen LogP contribution in [0.1, 0.15) is 30.4 Å². The predicted molar refractivity (Wildman–Crippen MR) is 132 cm³/mol. The van der Waals surface area contributed by atoms with Gasteiger partial charge < -0.3 is 25.0 Å². The Kier molecular flexibility index (Phi) is 11.6. The lowest BCUT2D eigenvalue weighted by atomic mass is 9.93. The lowest BCUT2D eigenvalue weighted by Crippen LogP contribution is -2.45. The highest BCUT2D eigenvalue weighted by molar-refractivity contribution is 14.0. The summed E-state index contributed by atoms with van der Waals surface area (Å²) in [5, 5.41) is 6.17. The van der Waals surface area contributed by atoms with Crippen LogP contribution in [-0.2, 0) is 17.8 Å². The molecule has 1 fully saturated rings. The number of nitrogens with zero attached hydrogens (tertiary/aromatic N) is 2. The molecule has 1 amide bonds. The zero-order valence-electron chi connectivity index (χ0n) is 18.5. The maximum atomic E-state index is 11.6. The smallest absolute Gasteiger partial charge is 0.220 e. The first-order valence-corrected chi connectivity index (χ1v) is 10.1. The van der Waals surface area contributed by atoms with Crippen LogP contribution in [0.4, 0.5) is 0 Å². The minimum Gasteiger partial charge on any atom is -0.493 e. The van der Waals surface area contributed by atoms with Crippen molar-refractivity contribution in [2.75, 3.05) is 41.4 Å². The monoisotopic (exact) mass is 530 g/mol. The summed E-state index contributed by atoms with van der Waals surface area (Å²) in [6, 6.07) is 4.10. The van der Waals surface area contributed by atoms with Gasteiger partial charge in [0.25, 0.3) is 0 Å². The van der Waals surface area contributed by atoms with Crippen LogP contribution < -0.4 is 20.1 Å². The Balaban J connectivity index is 0.00000450. The number of piperidine rings is 1. The van der Waals surface area contributed by atoms with Crippen molar-refractivity contribution in [3.63, 3.8) is 0 Å². The number of nitrogens with one attached hydrogen (secondary N) is 2. The summed E-state index contributed by atoms with van der Waals surface area (Å²) in [6.45, 7) is 6.26. The maximum Gasteiger partial charge on any atom is 0.220 e. The first kappa shape index (κ1) is 26.1. The van der Waals surface area contributed by atoms with Gasteiger partial charge in [-0.15, -0.1) is 30.6 Å². The van der Waals surface area contributed by atoms with Crippen molar-refractivity contribution < 1.29 is 14.3 Å². The summed E-state index contributed by atoms with van der Waals surface area (Å²) < 4.78 is 11.0. The molecule has 1 aromatic rings. The number of hydrogen-bond acceptors (Lipinski definition) is 4. The number of carbonyl (C=O) groups is 1. The number of likely N-dealkylation sites (tertiary alicyclic amines) is 1. The lowest BCUT2D eigenvalue weighted by molar-refractivity contribution is -0.121. The van der Waals surface area contributed by atoms with Crippen molar-refractivity contribution in [1.82, 2.24) is 15.5 Å². The third-order valence-corrected chi connectivity index (χ3v) is 5.31. The molecule has 0 aromatic heterocycles. The second-order valence-electron chi connectivity index (χ2n) is 7.19. The number of allylic oxidation sites excluding steroid dienone is 1. The molecular weight excluding hydrogens is 495 g/mol. The van der Waals surface area contributed by atoms with Gasteiger partial charge in [0.1, 0.15) is 0 Å². The Hall–Kier alpha value is -1.97. The zero-order chi connectivity index (χ0) is 21.2. The molecule has 0 saturated carbocycles. The third-order valence-electron chi connectivity index (χ3n) is 5.31. The highest BCUT2D eigenvalue weighted by Crippen LogP contribution is 2.33. The van der Waals surface area contributed by atoms with E-state index in [1.165, 1.54) is 0 Å². The van der Waals surface area contributed by atoms with Crippen molar-refractivity contribution in [1.29, 1.82) is 0 Å². The SMILES string of the molecule is C=CCc1cc(CNC(=NC)N2CCC(CC(=O)NC)CC2)cc(OC)c1OC.I. The van der Waals surface area contributed by atoms with Crippen molar-refractivity contribution in [2.45, 2.75) is 32.2 Å². The molecule has 0 bridgehead atoms. The Bertz CT molecular complexity index is 731. The van der Waals surface area contributed by atoms with E-state index in [1.54, 1.807) is 28.3 Å². The van der Waals surface area contributed by atoms with Crippen LogP contribution in [0.5, 0.6) is 11.5 Å². The molecule has 0 radical (unpaired) electrons. The highest BCUT2D eigenvalue weighted by Gasteiger charge is 2.23. The van der Waals surface area contributed by atoms with Gasteiger partial charge in [0.15, 0.2) is 17.5 Å². The average Bonchev–Trinajstić information content (AvgIpc) is 2.74. The van der Waals surface area contributed by atoms with Crippen LogP contribution in [-0.4, -0.2) is 58.2 Å². The van der Waals surface area contributed by atoms with E-state index in [2.05, 4.69) is 33.2 Å². The summed E-state index contributed by atoms with van der Waals surface area (Å²) in [5.74, 6) is 2.90. The summed E-state index contributed by atoms with van der Waals surface area (Å²) in [6.07, 6.45) is 5.16. The molecule has 2 N–H and O–H groups in total. The molecule has 30 heavy (non-hydrogen) atoms. The van der Waals surface area contributed by atoms with E-state index in [1.807, 2.05) is 12.1 Å². The van der Waals surface area contributed by atoms with Crippen LogP contribution >= 0.6 is 24.0 Å². The number of hydrogen-bond donors (Lipinski definition) is 2. The van der Waals surface area contributed by atoms with Gasteiger partial charge in [0.2, 0.25) is 5.91 Å². The molecule has 1 saturated heterocycles. The van der Waals surface area contributed by atoms with Gasteiger partial charge in [0.05, 0.1) is 14.2 Å². The molecule has 1 aromatic carbocycles. The standard InChI is InChI=1S/C22H34N4O3.HI/c1-6-7-18-12-17(13-19(28-4)21(18)29-5)15-25-22(24-3)26-10-8-16(9-11-26)14-20(27)23-2;/h6,12-13,16H,1,7-11,14-15H2,2-5H3,(H,23,27)(H,24,25);1H. The number of halogens is 1. The molecule has 1 heterocycles. The number of guanidine groups is 1. The van der Waals surface area contributed by atoms with E-state index < -0.39 is 0 Å². The second-order valence-corrected chi connectivity index (χ2v) is 7.19. The Labute approximate surface area is 197 Å². The van der Waals surface area contributed by atoms with E-state index in [0.717, 1.165) is 48.8 Å². The predicted octanol–water partition coefficient (Wildman–Crippen LogP) is 2.97. The molecule has 1 aliphatic heterocycles. The van der Waals surface area contributed by atoms with Gasteiger partial charge >= 0.3 is 0 Å². The van der Waals surface area contributed by atoms with Gasteiger partial charge in [-0.1, -0.05) is 6.08 Å². The number of benzene rings is 1. The second kappa shape index (κ2) is 13.4. The minimum absolute atomic E-state index is 0. The van der Waals surface area contributed by atoms with Gasteiger partial charge in [-0.25, -0.2) is 0 Å². The van der Waals surface area contributed by atoms with Crippen LogP contribution in [0.15, 0.2) is 29.8 Å². The van der Waals surface area contributed by atoms with Crippen molar-refractivity contribution >= 4 is 35.8 Å². The van der Waals surface area contributed by atoms with E-state index >= 15 is 0 Å². The minimum atomic E-state index is 0. The van der Waals surface area contributed by atoms with Crippen molar-refractivity contribution in [3.8, 4) is 11.5 Å². The van der Waals surface area contributed by atoms with Crippen molar-refractivity contribution in [3.05, 3.63) is 35.9 Å². The van der Waals surface area contributed by atoms with E-state index in [0.29, 0.717) is 31.1 Å². The first-order chi connectivity index (χ1) is 14.1. The highest BCUT2D eigenvalue weighted by atomic mass is 127. The zero-order valence-corrected chi connectivity index (χ0v) is 20.8. The van der Waals surface area contributed by atoms with Gasteiger partial charge in [-0.05, 0) is 42.9 Å². The number of ether oxygens (including phenoxy) is 2. The van der Waals surface area contributed by atoms with Crippen LogP contribution in [0.2, 0.25) is 0 Å². The lowest BCUT2D eigenvalue weighted by Gasteiger charge is -2.34. The quantitative estimate of drug-likeness (QED) is 0.234. The van der Waals surface area contributed by atoms with Gasteiger partial charge in [-0.3, -0.25) is 9.79 Å². The molecule has 8 heteroatoms. The van der Waals surface area contributed by atoms with Crippen LogP contribution in [0.3, 0.4) is 0 Å². The topological polar surface area (TPSA) is 75.2 Å². The molecule has 0 unspecified atom stereocenters. The molecule has 7 nitrogen and oxygen atoms in total. The molecule has 0 aliphatic carbocycles. The van der Waals surface area contributed by atoms with Crippen molar-refractivity contribution in [2.24, 2.45) is 10.9 Å². The van der Waals surface area contributed by atoms with E-state index in [-0.39, 0.29) is 29.9 Å². The summed E-state index contributed by atoms with van der Waals surface area (Å²) >= 11 is 0. The number of amides is 1. The fourth-order valence-corrected chi connectivity index (χ4v) is 3.74. The van der Waals surface area contributed by atoms with E-state index in [9.17, 15) is 4.79 Å². The van der Waals surface area contributed by atoms with Crippen LogP contribution in [0.25, 0.3) is 0 Å². The summed E-state index contributed by atoms with van der Waals surface area (Å²) in [7, 11) is 6.79. The number of rotatable bonds is 8. The Morgan fingerprint density at radius 3 is 2.53 bits per heavy atom. The van der Waals surface area contributed by atoms with Crippen LogP contribution in [0, 0.1) is 5.92 Å². The Morgan fingerprint density at radius 1 is 1.30 bits per heavy atom. The normalized spacial score (nSPS) is 14.5. The number of methoxy groups -OCH3 is 2. The van der Waals surface area contributed by atoms with Gasteiger partial charge in [-0.2, -0.15) is 0 Å². The molecular formula is C22H35IN4O3. The number of aliphatic imine (C=N–C) groups is 1. The summed E-state index contributed by atoms with van der Waals surface area (Å²) in [5.41, 5.74) is 2.14. The molecule has 0 spiro atoms. The maximum absolute atomic E-state index is 11.6. The largest absolute Gasteiger partial charge is 0.493 e. The molecule has 168 valence electrons. The fraction of sp³-hybridized carbons (Fsp3) is 0.545. The average molecular weight is 530 g/mol. The summed E-state index contributed by atoms with van der Waals surface area (Å²) in [4.78, 5) is 18.3. The Morgan fingerprint density at radius 2 is 2.00 bits per heavy atom. The number of carbonyl (C=O) groups excluding carboxylic acids is 1. The first-order valence-electron chi connectivity index (χ1n) is 10.1.